The Balaban J connectivity index is 1.75. The molecular weight excluding hydrogens is 258 g/mol. The summed E-state index contributed by atoms with van der Waals surface area (Å²) >= 11 is 0. The molecule has 0 amide bonds. The molecule has 6 nitrogen and oxygen atoms in total. The summed E-state index contributed by atoms with van der Waals surface area (Å²) in [6.07, 6.45) is 2.90. The lowest BCUT2D eigenvalue weighted by molar-refractivity contribution is -0.150. The van der Waals surface area contributed by atoms with E-state index in [1.165, 1.54) is 7.11 Å². The van der Waals surface area contributed by atoms with Crippen molar-refractivity contribution in [1.29, 1.82) is 0 Å². The fourth-order valence-corrected chi connectivity index (χ4v) is 1.97. The third-order valence-corrected chi connectivity index (χ3v) is 3.21. The minimum absolute atomic E-state index is 0.191. The van der Waals surface area contributed by atoms with Crippen LogP contribution >= 0.6 is 0 Å². The molecule has 1 fully saturated rings. The van der Waals surface area contributed by atoms with Crippen LogP contribution in [0.25, 0.3) is 5.69 Å². The molecule has 1 aromatic carbocycles. The molecule has 104 valence electrons. The first-order valence-corrected chi connectivity index (χ1v) is 6.49. The molecule has 0 radical (unpaired) electrons. The average Bonchev–Trinajstić information content (AvgIpc) is 3.23. The number of rotatable bonds is 5. The van der Waals surface area contributed by atoms with Crippen LogP contribution in [0.3, 0.4) is 0 Å². The Morgan fingerprint density at radius 2 is 2.10 bits per heavy atom. The number of carbonyl (C=O) groups is 1. The second-order valence-electron chi connectivity index (χ2n) is 4.71. The lowest BCUT2D eigenvalue weighted by Crippen LogP contribution is -2.31. The van der Waals surface area contributed by atoms with Gasteiger partial charge in [-0.3, -0.25) is 0 Å². The minimum atomic E-state index is -0.605. The standard InChI is InChI=1S/C14H15N3O3/c1-19-13(18)12(10-7-8-10)20-14-15-9-17(16-14)11-5-3-2-4-6-11/h2-6,9-10,12H,7-8H2,1H3. The molecule has 1 aliphatic rings. The quantitative estimate of drug-likeness (QED) is 0.774. The molecule has 20 heavy (non-hydrogen) atoms. The summed E-state index contributed by atoms with van der Waals surface area (Å²) in [5.41, 5.74) is 0.885. The Kier molecular flexibility index (Phi) is 3.37. The van der Waals surface area contributed by atoms with E-state index < -0.39 is 6.10 Å². The van der Waals surface area contributed by atoms with Crippen LogP contribution in [0.5, 0.6) is 6.01 Å². The maximum atomic E-state index is 11.7. The summed E-state index contributed by atoms with van der Waals surface area (Å²) in [6, 6.07) is 9.78. The van der Waals surface area contributed by atoms with E-state index in [2.05, 4.69) is 10.1 Å². The molecule has 1 aromatic heterocycles. The topological polar surface area (TPSA) is 66.2 Å². The highest BCUT2D eigenvalue weighted by Crippen LogP contribution is 2.35. The molecule has 0 bridgehead atoms. The molecule has 1 atom stereocenters. The van der Waals surface area contributed by atoms with Gasteiger partial charge in [-0.2, -0.15) is 4.98 Å². The zero-order chi connectivity index (χ0) is 13.9. The van der Waals surface area contributed by atoms with Gasteiger partial charge in [-0.1, -0.05) is 18.2 Å². The molecule has 0 spiro atoms. The molecule has 0 aliphatic heterocycles. The first-order chi connectivity index (χ1) is 9.78. The van der Waals surface area contributed by atoms with Gasteiger partial charge in [-0.05, 0) is 25.0 Å². The average molecular weight is 273 g/mol. The van der Waals surface area contributed by atoms with Gasteiger partial charge < -0.3 is 9.47 Å². The van der Waals surface area contributed by atoms with Crippen molar-refractivity contribution < 1.29 is 14.3 Å². The van der Waals surface area contributed by atoms with Crippen LogP contribution in [0.2, 0.25) is 0 Å². The van der Waals surface area contributed by atoms with Gasteiger partial charge >= 0.3 is 12.0 Å². The zero-order valence-electron chi connectivity index (χ0n) is 11.1. The fourth-order valence-electron chi connectivity index (χ4n) is 1.97. The van der Waals surface area contributed by atoms with Crippen LogP contribution in [0.4, 0.5) is 0 Å². The van der Waals surface area contributed by atoms with Gasteiger partial charge in [0.2, 0.25) is 6.10 Å². The van der Waals surface area contributed by atoms with E-state index in [1.807, 2.05) is 30.3 Å². The Morgan fingerprint density at radius 3 is 2.75 bits per heavy atom. The van der Waals surface area contributed by atoms with E-state index in [-0.39, 0.29) is 17.9 Å². The number of para-hydroxylation sites is 1. The van der Waals surface area contributed by atoms with E-state index >= 15 is 0 Å². The van der Waals surface area contributed by atoms with Crippen molar-refractivity contribution >= 4 is 5.97 Å². The Morgan fingerprint density at radius 1 is 1.35 bits per heavy atom. The molecule has 0 saturated heterocycles. The monoisotopic (exact) mass is 273 g/mol. The number of hydrogen-bond donors (Lipinski definition) is 0. The van der Waals surface area contributed by atoms with E-state index in [4.69, 9.17) is 9.47 Å². The van der Waals surface area contributed by atoms with E-state index in [9.17, 15) is 4.79 Å². The highest BCUT2D eigenvalue weighted by molar-refractivity contribution is 5.75. The number of nitrogens with zero attached hydrogens (tertiary/aromatic N) is 3. The van der Waals surface area contributed by atoms with Crippen molar-refractivity contribution in [2.24, 2.45) is 5.92 Å². The van der Waals surface area contributed by atoms with E-state index in [0.717, 1.165) is 18.5 Å². The predicted molar refractivity (Wildman–Crippen MR) is 70.5 cm³/mol. The molecule has 1 unspecified atom stereocenters. The highest BCUT2D eigenvalue weighted by Gasteiger charge is 2.39. The third-order valence-electron chi connectivity index (χ3n) is 3.21. The zero-order valence-corrected chi connectivity index (χ0v) is 11.1. The number of methoxy groups -OCH3 is 1. The molecule has 2 aromatic rings. The highest BCUT2D eigenvalue weighted by atomic mass is 16.6. The molecule has 1 heterocycles. The first-order valence-electron chi connectivity index (χ1n) is 6.49. The number of carbonyl (C=O) groups excluding carboxylic acids is 1. The van der Waals surface area contributed by atoms with Gasteiger partial charge in [0.15, 0.2) is 0 Å². The van der Waals surface area contributed by atoms with Gasteiger partial charge in [0.1, 0.15) is 6.33 Å². The summed E-state index contributed by atoms with van der Waals surface area (Å²) in [5.74, 6) is -0.158. The Hall–Kier alpha value is -2.37. The van der Waals surface area contributed by atoms with Crippen LogP contribution in [-0.4, -0.2) is 33.9 Å². The van der Waals surface area contributed by atoms with Gasteiger partial charge in [0, 0.05) is 5.92 Å². The maximum Gasteiger partial charge on any atom is 0.347 e. The summed E-state index contributed by atoms with van der Waals surface area (Å²) in [7, 11) is 1.36. The van der Waals surface area contributed by atoms with Crippen molar-refractivity contribution in [2.45, 2.75) is 18.9 Å². The van der Waals surface area contributed by atoms with Crippen LogP contribution in [0.15, 0.2) is 36.7 Å². The minimum Gasteiger partial charge on any atom is -0.466 e. The van der Waals surface area contributed by atoms with Crippen molar-refractivity contribution in [3.05, 3.63) is 36.7 Å². The summed E-state index contributed by atoms with van der Waals surface area (Å²) in [4.78, 5) is 15.7. The smallest absolute Gasteiger partial charge is 0.347 e. The largest absolute Gasteiger partial charge is 0.466 e. The second-order valence-corrected chi connectivity index (χ2v) is 4.71. The van der Waals surface area contributed by atoms with Gasteiger partial charge in [-0.25, -0.2) is 9.48 Å². The first kappa shape index (κ1) is 12.7. The van der Waals surface area contributed by atoms with Crippen LogP contribution in [-0.2, 0) is 9.53 Å². The van der Waals surface area contributed by atoms with Gasteiger partial charge in [0.05, 0.1) is 12.8 Å². The van der Waals surface area contributed by atoms with Gasteiger partial charge in [0.25, 0.3) is 0 Å². The Labute approximate surface area is 116 Å². The maximum absolute atomic E-state index is 11.7. The van der Waals surface area contributed by atoms with Crippen LogP contribution in [0, 0.1) is 5.92 Å². The van der Waals surface area contributed by atoms with Crippen molar-refractivity contribution in [2.75, 3.05) is 7.11 Å². The summed E-state index contributed by atoms with van der Waals surface area (Å²) < 4.78 is 11.9. The van der Waals surface area contributed by atoms with Crippen molar-refractivity contribution in [3.63, 3.8) is 0 Å². The number of aromatic nitrogens is 3. The summed E-state index contributed by atoms with van der Waals surface area (Å²) in [5, 5.41) is 4.22. The lowest BCUT2D eigenvalue weighted by Gasteiger charge is -2.13. The second kappa shape index (κ2) is 5.32. The molecule has 1 saturated carbocycles. The van der Waals surface area contributed by atoms with Gasteiger partial charge in [-0.15, -0.1) is 5.10 Å². The third kappa shape index (κ3) is 2.64. The van der Waals surface area contributed by atoms with E-state index in [0.29, 0.717) is 0 Å². The molecule has 6 heteroatoms. The van der Waals surface area contributed by atoms with Crippen LogP contribution < -0.4 is 4.74 Å². The molecule has 0 N–H and O–H groups in total. The number of esters is 1. The molecule has 1 aliphatic carbocycles. The number of benzene rings is 1. The van der Waals surface area contributed by atoms with Crippen molar-refractivity contribution in [3.8, 4) is 11.7 Å². The number of ether oxygens (including phenoxy) is 2. The SMILES string of the molecule is COC(=O)C(Oc1ncn(-c2ccccc2)n1)C1CC1. The Bertz CT molecular complexity index is 593. The fraction of sp³-hybridized carbons (Fsp3) is 0.357. The number of hydrogen-bond acceptors (Lipinski definition) is 5. The summed E-state index contributed by atoms with van der Waals surface area (Å²) in [6.45, 7) is 0. The van der Waals surface area contributed by atoms with Crippen LogP contribution in [0.1, 0.15) is 12.8 Å². The normalized spacial score (nSPS) is 15.7. The molecule has 3 rings (SSSR count). The van der Waals surface area contributed by atoms with Crippen molar-refractivity contribution in [1.82, 2.24) is 14.8 Å². The lowest BCUT2D eigenvalue weighted by atomic mass is 10.2. The predicted octanol–water partition coefficient (Wildman–Crippen LogP) is 1.60. The molecular formula is C14H15N3O3. The van der Waals surface area contributed by atoms with E-state index in [1.54, 1.807) is 11.0 Å².